The molecule has 0 amide bonds. The molecule has 1 aromatic carbocycles. The molecule has 1 rings (SSSR count). The minimum absolute atomic E-state index is 0.598. The van der Waals surface area contributed by atoms with Crippen molar-refractivity contribution in [1.82, 2.24) is 4.90 Å². The maximum atomic E-state index is 9.18. The molecule has 0 saturated carbocycles. The Balaban J connectivity index is 2.75. The van der Waals surface area contributed by atoms with E-state index in [0.717, 1.165) is 25.1 Å². The first-order valence-electron chi connectivity index (χ1n) is 5.27. The van der Waals surface area contributed by atoms with Gasteiger partial charge in [0.1, 0.15) is 0 Å². The molecule has 0 saturated heterocycles. The van der Waals surface area contributed by atoms with Gasteiger partial charge in [0, 0.05) is 6.54 Å². The second-order valence-electron chi connectivity index (χ2n) is 3.81. The summed E-state index contributed by atoms with van der Waals surface area (Å²) in [6.07, 6.45) is 1.10. The predicted octanol–water partition coefficient (Wildman–Crippen LogP) is 0.208. The first kappa shape index (κ1) is 12.2. The van der Waals surface area contributed by atoms with Gasteiger partial charge in [0.15, 0.2) is 0 Å². The average Bonchev–Trinajstić information content (AvgIpc) is 2.18. The molecule has 0 radical (unpaired) electrons. The van der Waals surface area contributed by atoms with Gasteiger partial charge in [-0.05, 0) is 31.0 Å². The van der Waals surface area contributed by atoms with Crippen LogP contribution in [0, 0.1) is 0 Å². The van der Waals surface area contributed by atoms with Crippen LogP contribution in [0.5, 0.6) is 0 Å². The van der Waals surface area contributed by atoms with Gasteiger partial charge in [-0.3, -0.25) is 0 Å². The summed E-state index contributed by atoms with van der Waals surface area (Å²) in [4.78, 5) is 2.17. The highest BCUT2D eigenvalue weighted by atomic mass is 16.4. The van der Waals surface area contributed by atoms with Crippen LogP contribution in [0.4, 0.5) is 0 Å². The van der Waals surface area contributed by atoms with E-state index in [9.17, 15) is 10.0 Å². The van der Waals surface area contributed by atoms with Crippen molar-refractivity contribution in [2.75, 3.05) is 13.6 Å². The molecule has 2 N–H and O–H groups in total. The maximum Gasteiger partial charge on any atom is 0.488 e. The summed E-state index contributed by atoms with van der Waals surface area (Å²) >= 11 is 0. The van der Waals surface area contributed by atoms with E-state index in [1.165, 1.54) is 0 Å². The molecule has 0 aliphatic rings. The second-order valence-corrected chi connectivity index (χ2v) is 3.81. The topological polar surface area (TPSA) is 43.7 Å². The van der Waals surface area contributed by atoms with E-state index in [0.29, 0.717) is 5.46 Å². The molecule has 0 heterocycles. The normalized spacial score (nSPS) is 10.7. The quantitative estimate of drug-likeness (QED) is 0.678. The fraction of sp³-hybridized carbons (Fsp3) is 0.455. The Bertz CT molecular complexity index is 304. The first-order valence-corrected chi connectivity index (χ1v) is 5.27. The monoisotopic (exact) mass is 207 g/mol. The molecule has 0 fully saturated rings. The Morgan fingerprint density at radius 3 is 2.53 bits per heavy atom. The summed E-state index contributed by atoms with van der Waals surface area (Å²) in [6, 6.07) is 7.42. The van der Waals surface area contributed by atoms with Gasteiger partial charge in [0.2, 0.25) is 0 Å². The SMILES string of the molecule is CCCN(C)Cc1ccccc1B(O)O. The minimum atomic E-state index is -1.38. The van der Waals surface area contributed by atoms with E-state index >= 15 is 0 Å². The van der Waals surface area contributed by atoms with Gasteiger partial charge in [0.25, 0.3) is 0 Å². The van der Waals surface area contributed by atoms with Crippen molar-refractivity contribution in [3.63, 3.8) is 0 Å². The zero-order valence-corrected chi connectivity index (χ0v) is 9.35. The van der Waals surface area contributed by atoms with Crippen LogP contribution in [0.3, 0.4) is 0 Å². The first-order chi connectivity index (χ1) is 7.15. The van der Waals surface area contributed by atoms with Gasteiger partial charge >= 0.3 is 7.12 Å². The molecule has 1 aromatic rings. The molecule has 3 nitrogen and oxygen atoms in total. The lowest BCUT2D eigenvalue weighted by Gasteiger charge is -2.17. The molecule has 0 aromatic heterocycles. The lowest BCUT2D eigenvalue weighted by Crippen LogP contribution is -2.35. The Kier molecular flexibility index (Phi) is 4.82. The van der Waals surface area contributed by atoms with Crippen molar-refractivity contribution in [3.05, 3.63) is 29.8 Å². The van der Waals surface area contributed by atoms with Gasteiger partial charge in [-0.25, -0.2) is 0 Å². The molecule has 0 aliphatic carbocycles. The summed E-state index contributed by atoms with van der Waals surface area (Å²) in [7, 11) is 0.653. The molecule has 0 bridgehead atoms. The maximum absolute atomic E-state index is 9.18. The molecule has 0 spiro atoms. The Hall–Kier alpha value is -0.835. The van der Waals surface area contributed by atoms with E-state index in [2.05, 4.69) is 11.8 Å². The number of hydrogen-bond acceptors (Lipinski definition) is 3. The molecule has 15 heavy (non-hydrogen) atoms. The van der Waals surface area contributed by atoms with Crippen LogP contribution in [-0.4, -0.2) is 35.7 Å². The van der Waals surface area contributed by atoms with Gasteiger partial charge in [-0.2, -0.15) is 0 Å². The third-order valence-corrected chi connectivity index (χ3v) is 2.38. The molecule has 0 atom stereocenters. The van der Waals surface area contributed by atoms with Crippen LogP contribution in [0.15, 0.2) is 24.3 Å². The van der Waals surface area contributed by atoms with Gasteiger partial charge < -0.3 is 14.9 Å². The summed E-state index contributed by atoms with van der Waals surface area (Å²) < 4.78 is 0. The molecule has 0 unspecified atom stereocenters. The van der Waals surface area contributed by atoms with Crippen LogP contribution in [-0.2, 0) is 6.54 Å². The Morgan fingerprint density at radius 2 is 1.93 bits per heavy atom. The van der Waals surface area contributed by atoms with Crippen LogP contribution in [0.1, 0.15) is 18.9 Å². The van der Waals surface area contributed by atoms with Crippen molar-refractivity contribution < 1.29 is 10.0 Å². The van der Waals surface area contributed by atoms with Crippen LogP contribution in [0.25, 0.3) is 0 Å². The Morgan fingerprint density at radius 1 is 1.27 bits per heavy atom. The highest BCUT2D eigenvalue weighted by molar-refractivity contribution is 6.59. The smallest absolute Gasteiger partial charge is 0.423 e. The number of nitrogens with zero attached hydrogens (tertiary/aromatic N) is 1. The van der Waals surface area contributed by atoms with E-state index in [1.54, 1.807) is 6.07 Å². The molecule has 82 valence electrons. The lowest BCUT2D eigenvalue weighted by atomic mass is 9.77. The minimum Gasteiger partial charge on any atom is -0.423 e. The number of rotatable bonds is 5. The fourth-order valence-corrected chi connectivity index (χ4v) is 1.68. The number of benzene rings is 1. The zero-order chi connectivity index (χ0) is 11.3. The summed E-state index contributed by atoms with van der Waals surface area (Å²) in [5.41, 5.74) is 1.57. The summed E-state index contributed by atoms with van der Waals surface area (Å²) in [5, 5.41) is 18.4. The second kappa shape index (κ2) is 5.90. The third-order valence-electron chi connectivity index (χ3n) is 2.38. The van der Waals surface area contributed by atoms with Crippen molar-refractivity contribution in [1.29, 1.82) is 0 Å². The standard InChI is InChI=1S/C11H18BNO2/c1-3-8-13(2)9-10-6-4-5-7-11(10)12(14)15/h4-7,14-15H,3,8-9H2,1-2H3. The van der Waals surface area contributed by atoms with Crippen molar-refractivity contribution in [2.45, 2.75) is 19.9 Å². The van der Waals surface area contributed by atoms with E-state index in [-0.39, 0.29) is 0 Å². The number of hydrogen-bond donors (Lipinski definition) is 2. The third kappa shape index (κ3) is 3.66. The summed E-state index contributed by atoms with van der Waals surface area (Å²) in [6.45, 7) is 3.89. The van der Waals surface area contributed by atoms with Crippen LogP contribution < -0.4 is 5.46 Å². The fourth-order valence-electron chi connectivity index (χ4n) is 1.68. The van der Waals surface area contributed by atoms with Crippen molar-refractivity contribution >= 4 is 12.6 Å². The van der Waals surface area contributed by atoms with E-state index in [1.807, 2.05) is 25.2 Å². The van der Waals surface area contributed by atoms with E-state index in [4.69, 9.17) is 0 Å². The summed E-state index contributed by atoms with van der Waals surface area (Å²) in [5.74, 6) is 0. The zero-order valence-electron chi connectivity index (χ0n) is 9.35. The lowest BCUT2D eigenvalue weighted by molar-refractivity contribution is 0.327. The van der Waals surface area contributed by atoms with Gasteiger partial charge in [-0.1, -0.05) is 31.2 Å². The highest BCUT2D eigenvalue weighted by Crippen LogP contribution is 2.01. The Labute approximate surface area is 91.5 Å². The molecular formula is C11H18BNO2. The van der Waals surface area contributed by atoms with Gasteiger partial charge in [0.05, 0.1) is 0 Å². The molecule has 0 aliphatic heterocycles. The highest BCUT2D eigenvalue weighted by Gasteiger charge is 2.15. The van der Waals surface area contributed by atoms with Crippen molar-refractivity contribution in [3.8, 4) is 0 Å². The molecule has 4 heteroatoms. The predicted molar refractivity (Wildman–Crippen MR) is 62.9 cm³/mol. The van der Waals surface area contributed by atoms with Crippen LogP contribution in [0.2, 0.25) is 0 Å². The van der Waals surface area contributed by atoms with Gasteiger partial charge in [-0.15, -0.1) is 0 Å². The largest absolute Gasteiger partial charge is 0.488 e. The average molecular weight is 207 g/mol. The molecular weight excluding hydrogens is 189 g/mol. The van der Waals surface area contributed by atoms with Crippen LogP contribution >= 0.6 is 0 Å². The van der Waals surface area contributed by atoms with E-state index < -0.39 is 7.12 Å². The van der Waals surface area contributed by atoms with Crippen molar-refractivity contribution in [2.24, 2.45) is 0 Å².